The summed E-state index contributed by atoms with van der Waals surface area (Å²) in [6, 6.07) is 5.61. The Hall–Kier alpha value is -1.35. The highest BCUT2D eigenvalue weighted by molar-refractivity contribution is 6.00. The summed E-state index contributed by atoms with van der Waals surface area (Å²) in [5.41, 5.74) is 1.78. The maximum Gasteiger partial charge on any atom is 0.179 e. The minimum absolute atomic E-state index is 0.00722. The number of rotatable bonds is 3. The second-order valence-corrected chi connectivity index (χ2v) is 4.20. The average Bonchev–Trinajstić information content (AvgIpc) is 2.81. The first kappa shape index (κ1) is 11.1. The van der Waals surface area contributed by atoms with E-state index in [9.17, 15) is 4.79 Å². The van der Waals surface area contributed by atoms with Gasteiger partial charge in [-0.05, 0) is 50.1 Å². The lowest BCUT2D eigenvalue weighted by molar-refractivity contribution is 0.0952. The number of methoxy groups -OCH3 is 1. The van der Waals surface area contributed by atoms with E-state index in [2.05, 4.69) is 5.32 Å². The van der Waals surface area contributed by atoms with E-state index >= 15 is 0 Å². The van der Waals surface area contributed by atoms with Crippen molar-refractivity contribution in [2.75, 3.05) is 13.7 Å². The highest BCUT2D eigenvalue weighted by Gasteiger charge is 2.23. The number of benzene rings is 1. The van der Waals surface area contributed by atoms with Crippen molar-refractivity contribution in [3.05, 3.63) is 29.3 Å². The molecule has 3 nitrogen and oxygen atoms in total. The molecule has 1 aliphatic heterocycles. The number of ether oxygens (including phenoxy) is 1. The molecule has 0 radical (unpaired) electrons. The van der Waals surface area contributed by atoms with Crippen molar-refractivity contribution in [1.82, 2.24) is 5.32 Å². The van der Waals surface area contributed by atoms with Crippen LogP contribution in [0.3, 0.4) is 0 Å². The molecule has 1 saturated heterocycles. The lowest BCUT2D eigenvalue weighted by atomic mass is 10.0. The smallest absolute Gasteiger partial charge is 0.179 e. The van der Waals surface area contributed by atoms with Crippen molar-refractivity contribution in [3.63, 3.8) is 0 Å². The lowest BCUT2D eigenvalue weighted by Gasteiger charge is -2.11. The second-order valence-electron chi connectivity index (χ2n) is 4.20. The summed E-state index contributed by atoms with van der Waals surface area (Å²) >= 11 is 0. The number of nitrogens with one attached hydrogen (secondary N) is 1. The highest BCUT2D eigenvalue weighted by Crippen LogP contribution is 2.20. The summed E-state index contributed by atoms with van der Waals surface area (Å²) in [6.07, 6.45) is 2.04. The third-order valence-corrected chi connectivity index (χ3v) is 3.06. The molecule has 1 aromatic carbocycles. The van der Waals surface area contributed by atoms with Crippen LogP contribution in [0.1, 0.15) is 28.8 Å². The minimum Gasteiger partial charge on any atom is -0.496 e. The van der Waals surface area contributed by atoms with Gasteiger partial charge in [0, 0.05) is 5.56 Å². The Morgan fingerprint density at radius 2 is 2.31 bits per heavy atom. The first-order chi connectivity index (χ1) is 7.72. The first-order valence-corrected chi connectivity index (χ1v) is 5.64. The van der Waals surface area contributed by atoms with E-state index in [1.54, 1.807) is 7.11 Å². The van der Waals surface area contributed by atoms with Crippen LogP contribution < -0.4 is 10.1 Å². The molecule has 16 heavy (non-hydrogen) atoms. The Labute approximate surface area is 95.8 Å². The van der Waals surface area contributed by atoms with Gasteiger partial charge in [-0.25, -0.2) is 0 Å². The molecule has 1 atom stereocenters. The summed E-state index contributed by atoms with van der Waals surface area (Å²) in [4.78, 5) is 12.1. The largest absolute Gasteiger partial charge is 0.496 e. The molecule has 0 aliphatic carbocycles. The van der Waals surface area contributed by atoms with Crippen LogP contribution in [0, 0.1) is 6.92 Å². The van der Waals surface area contributed by atoms with Crippen LogP contribution >= 0.6 is 0 Å². The van der Waals surface area contributed by atoms with Crippen molar-refractivity contribution in [3.8, 4) is 5.75 Å². The summed E-state index contributed by atoms with van der Waals surface area (Å²) in [5.74, 6) is 1.03. The average molecular weight is 219 g/mol. The molecule has 1 aromatic rings. The molecule has 86 valence electrons. The number of Topliss-reactive ketones (excluding diaryl/α,β-unsaturated/α-hetero) is 1. The van der Waals surface area contributed by atoms with Crippen molar-refractivity contribution in [2.24, 2.45) is 0 Å². The maximum absolute atomic E-state index is 12.1. The van der Waals surface area contributed by atoms with Crippen LogP contribution in [0.15, 0.2) is 18.2 Å². The molecule has 0 spiro atoms. The standard InChI is InChI=1S/C13H17NO2/c1-9-8-10(5-6-12(9)16-2)13(15)11-4-3-7-14-11/h5-6,8,11,14H,3-4,7H2,1-2H3/t11-/m1/s1. The zero-order valence-corrected chi connectivity index (χ0v) is 9.75. The number of hydrogen-bond donors (Lipinski definition) is 1. The van der Waals surface area contributed by atoms with Gasteiger partial charge in [-0.2, -0.15) is 0 Å². The fraction of sp³-hybridized carbons (Fsp3) is 0.462. The second kappa shape index (κ2) is 4.66. The van der Waals surface area contributed by atoms with E-state index in [1.807, 2.05) is 25.1 Å². The van der Waals surface area contributed by atoms with Gasteiger partial charge in [-0.1, -0.05) is 0 Å². The van der Waals surface area contributed by atoms with Crippen molar-refractivity contribution >= 4 is 5.78 Å². The molecule has 0 bridgehead atoms. The zero-order chi connectivity index (χ0) is 11.5. The predicted octanol–water partition coefficient (Wildman–Crippen LogP) is 1.94. The molecule has 0 amide bonds. The molecule has 0 unspecified atom stereocenters. The molecular weight excluding hydrogens is 202 g/mol. The monoisotopic (exact) mass is 219 g/mol. The molecule has 1 fully saturated rings. The Balaban J connectivity index is 2.20. The lowest BCUT2D eigenvalue weighted by Crippen LogP contribution is -2.30. The third kappa shape index (κ3) is 2.09. The molecule has 2 rings (SSSR count). The van der Waals surface area contributed by atoms with Crippen LogP contribution in [-0.4, -0.2) is 25.5 Å². The zero-order valence-electron chi connectivity index (χ0n) is 9.75. The fourth-order valence-corrected chi connectivity index (χ4v) is 2.14. The van der Waals surface area contributed by atoms with E-state index < -0.39 is 0 Å². The highest BCUT2D eigenvalue weighted by atomic mass is 16.5. The van der Waals surface area contributed by atoms with Gasteiger partial charge in [0.15, 0.2) is 5.78 Å². The van der Waals surface area contributed by atoms with Gasteiger partial charge in [0.25, 0.3) is 0 Å². The SMILES string of the molecule is COc1ccc(C(=O)[C@H]2CCCN2)cc1C. The number of carbonyl (C=O) groups excluding carboxylic acids is 1. The number of carbonyl (C=O) groups is 1. The Bertz CT molecular complexity index is 395. The summed E-state index contributed by atoms with van der Waals surface area (Å²) in [7, 11) is 1.64. The van der Waals surface area contributed by atoms with Crippen LogP contribution in [0.2, 0.25) is 0 Å². The normalized spacial score (nSPS) is 19.8. The van der Waals surface area contributed by atoms with E-state index in [1.165, 1.54) is 0 Å². The van der Waals surface area contributed by atoms with Crippen LogP contribution in [0.5, 0.6) is 5.75 Å². The molecule has 0 aromatic heterocycles. The summed E-state index contributed by atoms with van der Waals surface area (Å²) in [6.45, 7) is 2.91. The van der Waals surface area contributed by atoms with Gasteiger partial charge in [0.1, 0.15) is 5.75 Å². The molecule has 1 heterocycles. The first-order valence-electron chi connectivity index (χ1n) is 5.64. The quantitative estimate of drug-likeness (QED) is 0.789. The molecular formula is C13H17NO2. The van der Waals surface area contributed by atoms with E-state index in [0.717, 1.165) is 36.3 Å². The minimum atomic E-state index is 0.00722. The van der Waals surface area contributed by atoms with E-state index in [0.29, 0.717) is 0 Å². The van der Waals surface area contributed by atoms with Crippen LogP contribution in [0.4, 0.5) is 0 Å². The van der Waals surface area contributed by atoms with Gasteiger partial charge in [-0.15, -0.1) is 0 Å². The van der Waals surface area contributed by atoms with Gasteiger partial charge in [-0.3, -0.25) is 4.79 Å². The Morgan fingerprint density at radius 3 is 2.88 bits per heavy atom. The van der Waals surface area contributed by atoms with Gasteiger partial charge < -0.3 is 10.1 Å². The maximum atomic E-state index is 12.1. The van der Waals surface area contributed by atoms with Gasteiger partial charge >= 0.3 is 0 Å². The van der Waals surface area contributed by atoms with Crippen LogP contribution in [-0.2, 0) is 0 Å². The van der Waals surface area contributed by atoms with Gasteiger partial charge in [0.05, 0.1) is 13.2 Å². The Kier molecular flexibility index (Phi) is 3.25. The number of ketones is 1. The predicted molar refractivity (Wildman–Crippen MR) is 63.1 cm³/mol. The summed E-state index contributed by atoms with van der Waals surface area (Å²) in [5, 5.41) is 3.22. The number of hydrogen-bond acceptors (Lipinski definition) is 3. The molecule has 1 aliphatic rings. The van der Waals surface area contributed by atoms with Crippen molar-refractivity contribution < 1.29 is 9.53 Å². The summed E-state index contributed by atoms with van der Waals surface area (Å²) < 4.78 is 5.18. The third-order valence-electron chi connectivity index (χ3n) is 3.06. The Morgan fingerprint density at radius 1 is 1.50 bits per heavy atom. The van der Waals surface area contributed by atoms with E-state index in [4.69, 9.17) is 4.74 Å². The number of aryl methyl sites for hydroxylation is 1. The van der Waals surface area contributed by atoms with Crippen LogP contribution in [0.25, 0.3) is 0 Å². The van der Waals surface area contributed by atoms with Crippen molar-refractivity contribution in [1.29, 1.82) is 0 Å². The fourth-order valence-electron chi connectivity index (χ4n) is 2.14. The molecule has 3 heteroatoms. The van der Waals surface area contributed by atoms with Crippen molar-refractivity contribution in [2.45, 2.75) is 25.8 Å². The van der Waals surface area contributed by atoms with E-state index in [-0.39, 0.29) is 11.8 Å². The molecule has 0 saturated carbocycles. The molecule has 1 N–H and O–H groups in total. The topological polar surface area (TPSA) is 38.3 Å². The van der Waals surface area contributed by atoms with Gasteiger partial charge in [0.2, 0.25) is 0 Å².